The molecule has 65 heavy (non-hydrogen) atoms. The van der Waals surface area contributed by atoms with Gasteiger partial charge in [-0.1, -0.05) is 48.5 Å². The van der Waals surface area contributed by atoms with Gasteiger partial charge in [0.2, 0.25) is 23.6 Å². The maximum absolute atomic E-state index is 14.4. The predicted molar refractivity (Wildman–Crippen MR) is 240 cm³/mol. The highest BCUT2D eigenvalue weighted by Gasteiger charge is 2.42. The Kier molecular flexibility index (Phi) is 15.5. The standard InChI is InChI=1S/C47H62N8O10/c1-45(2,3)64-43(61)51-34(25-31-26-48-28-53(31)9)40(58)54-22-16-21-37(54)39(57)52-47(7,8)42(60)50-33(38(56)49-35(41(59)63-10)23-29-17-12-11-13-18-29)24-30-27-55(44(62)65-46(4,5)6)36-20-15-14-19-32(30)36/h11-15,17-20,26-28,33-35,37H,16,21-25H2,1-10H3,(H,49,56)(H,50,60)(H,51,61)(H,52,57)/t33-,34+,35-,37-/m1/s1. The summed E-state index contributed by atoms with van der Waals surface area (Å²) in [6.07, 6.45) is 4.01. The Bertz CT molecular complexity index is 2380. The van der Waals surface area contributed by atoms with Crippen LogP contribution in [0.3, 0.4) is 0 Å². The number of carbonyl (C=O) groups is 7. The number of carbonyl (C=O) groups excluding carboxylic acids is 7. The molecule has 1 saturated heterocycles. The highest BCUT2D eigenvalue weighted by molar-refractivity contribution is 5.98. The lowest BCUT2D eigenvalue weighted by atomic mass is 9.99. The predicted octanol–water partition coefficient (Wildman–Crippen LogP) is 4.11. The lowest BCUT2D eigenvalue weighted by Gasteiger charge is -2.33. The summed E-state index contributed by atoms with van der Waals surface area (Å²) in [5.74, 6) is -3.33. The summed E-state index contributed by atoms with van der Waals surface area (Å²) in [6, 6.07) is 11.5. The maximum Gasteiger partial charge on any atom is 0.419 e. The fourth-order valence-electron chi connectivity index (χ4n) is 7.49. The van der Waals surface area contributed by atoms with Crippen LogP contribution in [0.5, 0.6) is 0 Å². The number of nitrogens with one attached hydrogen (secondary N) is 4. The van der Waals surface area contributed by atoms with Gasteiger partial charge in [-0.3, -0.25) is 23.7 Å². The van der Waals surface area contributed by atoms with E-state index in [9.17, 15) is 33.6 Å². The number of alkyl carbamates (subject to hydrolysis) is 1. The number of amides is 5. The average Bonchev–Trinajstić information content (AvgIpc) is 3.97. The van der Waals surface area contributed by atoms with Gasteiger partial charge in [-0.15, -0.1) is 0 Å². The molecule has 2 aromatic heterocycles. The highest BCUT2D eigenvalue weighted by Crippen LogP contribution is 2.26. The number of aromatic nitrogens is 3. The van der Waals surface area contributed by atoms with E-state index in [0.29, 0.717) is 28.6 Å². The van der Waals surface area contributed by atoms with Crippen molar-refractivity contribution in [1.82, 2.24) is 40.3 Å². The zero-order chi connectivity index (χ0) is 47.9. The Morgan fingerprint density at radius 3 is 2.08 bits per heavy atom. The molecule has 0 bridgehead atoms. The van der Waals surface area contributed by atoms with E-state index in [4.69, 9.17) is 14.2 Å². The van der Waals surface area contributed by atoms with Crippen molar-refractivity contribution in [3.63, 3.8) is 0 Å². The summed E-state index contributed by atoms with van der Waals surface area (Å²) >= 11 is 0. The van der Waals surface area contributed by atoms with Crippen LogP contribution in [0.4, 0.5) is 9.59 Å². The van der Waals surface area contributed by atoms with Crippen molar-refractivity contribution in [1.29, 1.82) is 0 Å². The molecule has 0 saturated carbocycles. The van der Waals surface area contributed by atoms with Crippen LogP contribution in [-0.4, -0.2) is 115 Å². The number of imidazole rings is 1. The number of likely N-dealkylation sites (tertiary alicyclic amines) is 1. The lowest BCUT2D eigenvalue weighted by Crippen LogP contribution is -2.63. The third-order valence-corrected chi connectivity index (χ3v) is 10.7. The first-order valence-electron chi connectivity index (χ1n) is 21.6. The number of nitrogens with zero attached hydrogens (tertiary/aromatic N) is 4. The molecule has 18 heteroatoms. The van der Waals surface area contributed by atoms with Crippen molar-refractivity contribution in [2.75, 3.05) is 13.7 Å². The van der Waals surface area contributed by atoms with Gasteiger partial charge in [0.05, 0.1) is 19.0 Å². The number of rotatable bonds is 15. The van der Waals surface area contributed by atoms with Gasteiger partial charge in [0.25, 0.3) is 0 Å². The van der Waals surface area contributed by atoms with Gasteiger partial charge in [0, 0.05) is 56.3 Å². The van der Waals surface area contributed by atoms with E-state index in [1.165, 1.54) is 30.4 Å². The summed E-state index contributed by atoms with van der Waals surface area (Å²) in [5.41, 5.74) is -0.891. The minimum absolute atomic E-state index is 0.0649. The second-order valence-electron chi connectivity index (χ2n) is 18.7. The molecule has 1 aliphatic heterocycles. The number of ether oxygens (including phenoxy) is 3. The molecule has 1 aliphatic rings. The topological polar surface area (TPSA) is 221 Å². The molecule has 0 spiro atoms. The van der Waals surface area contributed by atoms with Crippen LogP contribution in [0.15, 0.2) is 73.3 Å². The minimum Gasteiger partial charge on any atom is -0.467 e. The highest BCUT2D eigenvalue weighted by atomic mass is 16.6. The quantitative estimate of drug-likeness (QED) is 0.0983. The lowest BCUT2D eigenvalue weighted by molar-refractivity contribution is -0.145. The number of methoxy groups -OCH3 is 1. The maximum atomic E-state index is 14.4. The molecule has 5 rings (SSSR count). The van der Waals surface area contributed by atoms with E-state index in [1.54, 1.807) is 120 Å². The van der Waals surface area contributed by atoms with E-state index in [0.717, 1.165) is 5.56 Å². The SMILES string of the molecule is COC(=O)[C@@H](Cc1ccccc1)NC(=O)[C@@H](Cc1cn(C(=O)OC(C)(C)C)c2ccccc12)NC(=O)C(C)(C)NC(=O)[C@H]1CCCN1C(=O)[C@H](Cc1cncn1C)NC(=O)OC(C)(C)C. The average molecular weight is 899 g/mol. The van der Waals surface area contributed by atoms with Gasteiger partial charge in [-0.2, -0.15) is 0 Å². The fraction of sp³-hybridized carbons (Fsp3) is 0.489. The van der Waals surface area contributed by atoms with E-state index < -0.39 is 82.7 Å². The van der Waals surface area contributed by atoms with Gasteiger partial charge < -0.3 is 44.9 Å². The molecule has 4 atom stereocenters. The molecule has 4 N–H and O–H groups in total. The second kappa shape index (κ2) is 20.4. The largest absolute Gasteiger partial charge is 0.467 e. The van der Waals surface area contributed by atoms with Crippen LogP contribution in [0, 0.1) is 0 Å². The number of hydrogen-bond acceptors (Lipinski definition) is 11. The number of esters is 1. The molecule has 3 heterocycles. The summed E-state index contributed by atoms with van der Waals surface area (Å²) in [7, 11) is 2.97. The van der Waals surface area contributed by atoms with Crippen molar-refractivity contribution in [2.24, 2.45) is 7.05 Å². The normalized spacial score (nSPS) is 15.6. The monoisotopic (exact) mass is 898 g/mol. The van der Waals surface area contributed by atoms with Gasteiger partial charge in [0.15, 0.2) is 0 Å². The molecule has 5 amide bonds. The van der Waals surface area contributed by atoms with E-state index in [-0.39, 0.29) is 32.2 Å². The molecular formula is C47H62N8O10. The third-order valence-electron chi connectivity index (χ3n) is 10.7. The molecule has 2 aromatic carbocycles. The Hall–Kier alpha value is -6.72. The Morgan fingerprint density at radius 1 is 0.785 bits per heavy atom. The molecule has 350 valence electrons. The van der Waals surface area contributed by atoms with Crippen LogP contribution in [0.25, 0.3) is 10.9 Å². The summed E-state index contributed by atoms with van der Waals surface area (Å²) < 4.78 is 19.2. The molecule has 4 aromatic rings. The Morgan fingerprint density at radius 2 is 1.45 bits per heavy atom. The van der Waals surface area contributed by atoms with Gasteiger partial charge >= 0.3 is 18.2 Å². The van der Waals surface area contributed by atoms with Gasteiger partial charge in [-0.05, 0) is 85.4 Å². The molecule has 18 nitrogen and oxygen atoms in total. The fourth-order valence-corrected chi connectivity index (χ4v) is 7.49. The summed E-state index contributed by atoms with van der Waals surface area (Å²) in [6.45, 7) is 13.5. The van der Waals surface area contributed by atoms with Gasteiger partial charge in [0.1, 0.15) is 40.9 Å². The number of aryl methyl sites for hydroxylation is 1. The smallest absolute Gasteiger partial charge is 0.419 e. The zero-order valence-corrected chi connectivity index (χ0v) is 38.9. The second-order valence-corrected chi connectivity index (χ2v) is 18.7. The molecule has 0 aliphatic carbocycles. The zero-order valence-electron chi connectivity index (χ0n) is 38.9. The van der Waals surface area contributed by atoms with Crippen LogP contribution in [0.1, 0.15) is 85.1 Å². The minimum atomic E-state index is -1.66. The van der Waals surface area contributed by atoms with E-state index in [1.807, 2.05) is 6.07 Å². The molecule has 0 radical (unpaired) electrons. The molecule has 1 fully saturated rings. The van der Waals surface area contributed by atoms with Crippen LogP contribution in [-0.2, 0) is 64.5 Å². The molecular weight excluding hydrogens is 837 g/mol. The van der Waals surface area contributed by atoms with Crippen LogP contribution < -0.4 is 21.3 Å². The van der Waals surface area contributed by atoms with E-state index in [2.05, 4.69) is 26.3 Å². The Labute approximate surface area is 379 Å². The summed E-state index contributed by atoms with van der Waals surface area (Å²) in [5, 5.41) is 11.6. The van der Waals surface area contributed by atoms with Crippen LogP contribution >= 0.6 is 0 Å². The first-order chi connectivity index (χ1) is 30.5. The van der Waals surface area contributed by atoms with Crippen LogP contribution in [0.2, 0.25) is 0 Å². The van der Waals surface area contributed by atoms with Gasteiger partial charge in [-0.25, -0.2) is 19.4 Å². The number of para-hydroxylation sites is 1. The van der Waals surface area contributed by atoms with Crippen molar-refractivity contribution >= 4 is 52.7 Å². The number of benzene rings is 2. The van der Waals surface area contributed by atoms with Crippen molar-refractivity contribution < 1.29 is 47.8 Å². The van der Waals surface area contributed by atoms with Crippen molar-refractivity contribution in [2.45, 2.75) is 128 Å². The number of hydrogen-bond donors (Lipinski definition) is 4. The first-order valence-corrected chi connectivity index (χ1v) is 21.6. The van der Waals surface area contributed by atoms with Crippen molar-refractivity contribution in [3.8, 4) is 0 Å². The molecule has 0 unspecified atom stereocenters. The first kappa shape index (κ1) is 49.3. The number of fused-ring (bicyclic) bond motifs is 1. The van der Waals surface area contributed by atoms with E-state index >= 15 is 0 Å². The summed E-state index contributed by atoms with van der Waals surface area (Å²) in [4.78, 5) is 102. The Balaban J connectivity index is 1.40. The van der Waals surface area contributed by atoms with Crippen molar-refractivity contribution in [3.05, 3.63) is 90.1 Å². The third kappa shape index (κ3) is 13.2.